The van der Waals surface area contributed by atoms with Crippen molar-refractivity contribution in [2.75, 3.05) is 18.0 Å². The van der Waals surface area contributed by atoms with Crippen LogP contribution in [0.5, 0.6) is 0 Å². The lowest BCUT2D eigenvalue weighted by Crippen LogP contribution is -2.34. The molecule has 0 N–H and O–H groups in total. The van der Waals surface area contributed by atoms with Crippen LogP contribution in [0.3, 0.4) is 0 Å². The number of hydrogen-bond acceptors (Lipinski definition) is 4. The Bertz CT molecular complexity index is 653. The summed E-state index contributed by atoms with van der Waals surface area (Å²) in [6.45, 7) is 10.2. The van der Waals surface area contributed by atoms with Gasteiger partial charge in [-0.15, -0.1) is 0 Å². The van der Waals surface area contributed by atoms with Crippen molar-refractivity contribution in [2.24, 2.45) is 0 Å². The Kier molecular flexibility index (Phi) is 6.29. The fourth-order valence-electron chi connectivity index (χ4n) is 2.54. The smallest absolute Gasteiger partial charge is 0.272 e. The third-order valence-electron chi connectivity index (χ3n) is 3.99. The molecule has 128 valence electrons. The minimum atomic E-state index is -0.0490. The van der Waals surface area contributed by atoms with Crippen molar-refractivity contribution in [2.45, 2.75) is 40.3 Å². The quantitative estimate of drug-likeness (QED) is 0.783. The molecule has 1 aromatic carbocycles. The van der Waals surface area contributed by atoms with Crippen LogP contribution in [0.25, 0.3) is 0 Å². The van der Waals surface area contributed by atoms with E-state index in [1.165, 1.54) is 5.56 Å². The number of hydrogen-bond donors (Lipinski definition) is 0. The highest BCUT2D eigenvalue weighted by atomic mass is 16.2. The predicted molar refractivity (Wildman–Crippen MR) is 97.0 cm³/mol. The Labute approximate surface area is 144 Å². The molecule has 1 heterocycles. The number of nitrogens with zero attached hydrogens (tertiary/aromatic N) is 4. The maximum atomic E-state index is 12.5. The molecule has 2 rings (SSSR count). The molecule has 0 atom stereocenters. The number of carbonyl (C=O) groups is 1. The van der Waals surface area contributed by atoms with Gasteiger partial charge in [-0.25, -0.2) is 9.97 Å². The first kappa shape index (κ1) is 17.9. The van der Waals surface area contributed by atoms with Gasteiger partial charge in [-0.1, -0.05) is 30.3 Å². The minimum absolute atomic E-state index is 0.0490. The average Bonchev–Trinajstić information content (AvgIpc) is 2.61. The van der Waals surface area contributed by atoms with E-state index in [2.05, 4.69) is 40.8 Å². The van der Waals surface area contributed by atoms with Gasteiger partial charge < -0.3 is 9.80 Å². The maximum absolute atomic E-state index is 12.5. The summed E-state index contributed by atoms with van der Waals surface area (Å²) in [5, 5.41) is 0. The number of rotatable bonds is 7. The largest absolute Gasteiger partial charge is 0.338 e. The molecule has 0 aliphatic rings. The zero-order valence-corrected chi connectivity index (χ0v) is 14.9. The first-order valence-electron chi connectivity index (χ1n) is 8.49. The van der Waals surface area contributed by atoms with Crippen LogP contribution in [-0.4, -0.2) is 39.9 Å². The normalized spacial score (nSPS) is 10.7. The molecular formula is C19H26N4O. The van der Waals surface area contributed by atoms with Crippen LogP contribution in [0.15, 0.2) is 42.6 Å². The highest BCUT2D eigenvalue weighted by Gasteiger charge is 2.18. The third kappa shape index (κ3) is 4.31. The molecule has 0 aliphatic heterocycles. The monoisotopic (exact) mass is 326 g/mol. The van der Waals surface area contributed by atoms with Gasteiger partial charge in [0.15, 0.2) is 0 Å². The second-order valence-corrected chi connectivity index (χ2v) is 5.93. The van der Waals surface area contributed by atoms with E-state index in [4.69, 9.17) is 0 Å². The summed E-state index contributed by atoms with van der Waals surface area (Å²) in [7, 11) is 0. The molecular weight excluding hydrogens is 300 g/mol. The molecule has 2 aromatic rings. The maximum Gasteiger partial charge on any atom is 0.272 e. The summed E-state index contributed by atoms with van der Waals surface area (Å²) in [6, 6.07) is 12.1. The van der Waals surface area contributed by atoms with Crippen molar-refractivity contribution < 1.29 is 4.79 Å². The zero-order valence-electron chi connectivity index (χ0n) is 14.9. The van der Waals surface area contributed by atoms with Crippen molar-refractivity contribution in [3.63, 3.8) is 0 Å². The Morgan fingerprint density at radius 2 is 1.75 bits per heavy atom. The molecule has 0 fully saturated rings. The van der Waals surface area contributed by atoms with Crippen LogP contribution in [0.2, 0.25) is 0 Å². The number of benzene rings is 1. The molecule has 0 unspecified atom stereocenters. The average molecular weight is 326 g/mol. The first-order chi connectivity index (χ1) is 11.6. The molecule has 0 saturated heterocycles. The molecule has 0 spiro atoms. The molecule has 24 heavy (non-hydrogen) atoms. The molecule has 0 radical (unpaired) electrons. The van der Waals surface area contributed by atoms with Crippen molar-refractivity contribution in [3.05, 3.63) is 53.9 Å². The Morgan fingerprint density at radius 1 is 1.08 bits per heavy atom. The lowest BCUT2D eigenvalue weighted by molar-refractivity contribution is 0.0767. The molecule has 1 amide bonds. The van der Waals surface area contributed by atoms with Crippen molar-refractivity contribution in [1.82, 2.24) is 14.9 Å². The van der Waals surface area contributed by atoms with Crippen LogP contribution in [0.4, 0.5) is 5.95 Å². The van der Waals surface area contributed by atoms with E-state index < -0.39 is 0 Å². The van der Waals surface area contributed by atoms with Crippen LogP contribution < -0.4 is 4.90 Å². The van der Waals surface area contributed by atoms with E-state index >= 15 is 0 Å². The summed E-state index contributed by atoms with van der Waals surface area (Å²) >= 11 is 0. The summed E-state index contributed by atoms with van der Waals surface area (Å²) in [4.78, 5) is 25.3. The van der Waals surface area contributed by atoms with E-state index in [1.807, 2.05) is 32.0 Å². The second-order valence-electron chi connectivity index (χ2n) is 5.93. The van der Waals surface area contributed by atoms with E-state index in [0.717, 1.165) is 0 Å². The van der Waals surface area contributed by atoms with Crippen molar-refractivity contribution in [1.29, 1.82) is 0 Å². The van der Waals surface area contributed by atoms with E-state index in [1.54, 1.807) is 17.2 Å². The second kappa shape index (κ2) is 8.43. The van der Waals surface area contributed by atoms with Gasteiger partial charge in [-0.05, 0) is 39.3 Å². The highest BCUT2D eigenvalue weighted by Crippen LogP contribution is 2.16. The van der Waals surface area contributed by atoms with Gasteiger partial charge in [0.1, 0.15) is 5.69 Å². The number of carbonyl (C=O) groups excluding carboxylic acids is 1. The van der Waals surface area contributed by atoms with E-state index in [-0.39, 0.29) is 11.9 Å². The first-order valence-corrected chi connectivity index (χ1v) is 8.49. The van der Waals surface area contributed by atoms with Gasteiger partial charge in [0, 0.05) is 31.9 Å². The van der Waals surface area contributed by atoms with Gasteiger partial charge in [0.05, 0.1) is 0 Å². The van der Waals surface area contributed by atoms with Crippen LogP contribution >= 0.6 is 0 Å². The minimum Gasteiger partial charge on any atom is -0.338 e. The predicted octanol–water partition coefficient (Wildman–Crippen LogP) is 3.37. The van der Waals surface area contributed by atoms with Crippen molar-refractivity contribution >= 4 is 11.9 Å². The van der Waals surface area contributed by atoms with Gasteiger partial charge in [0.2, 0.25) is 5.95 Å². The molecule has 5 nitrogen and oxygen atoms in total. The Balaban J connectivity index is 2.28. The topological polar surface area (TPSA) is 49.3 Å². The summed E-state index contributed by atoms with van der Waals surface area (Å²) in [5.74, 6) is 0.541. The fourth-order valence-corrected chi connectivity index (χ4v) is 2.54. The standard InChI is InChI=1S/C19H26N4O/c1-5-22(6-2)18(24)17-12-13-20-19(21-17)23(15(3)4)14-16-10-8-7-9-11-16/h7-13,15H,5-6,14H2,1-4H3. The van der Waals surface area contributed by atoms with E-state index in [9.17, 15) is 4.79 Å². The van der Waals surface area contributed by atoms with E-state index in [0.29, 0.717) is 31.3 Å². The fraction of sp³-hybridized carbons (Fsp3) is 0.421. The number of amides is 1. The summed E-state index contributed by atoms with van der Waals surface area (Å²) in [6.07, 6.45) is 1.67. The zero-order chi connectivity index (χ0) is 17.5. The van der Waals surface area contributed by atoms with Gasteiger partial charge >= 0.3 is 0 Å². The number of anilines is 1. The van der Waals surface area contributed by atoms with Crippen LogP contribution in [0, 0.1) is 0 Å². The van der Waals surface area contributed by atoms with Crippen LogP contribution in [0.1, 0.15) is 43.7 Å². The summed E-state index contributed by atoms with van der Waals surface area (Å²) < 4.78 is 0. The molecule has 0 aliphatic carbocycles. The van der Waals surface area contributed by atoms with Crippen LogP contribution in [-0.2, 0) is 6.54 Å². The number of aromatic nitrogens is 2. The Hall–Kier alpha value is -2.43. The molecule has 1 aromatic heterocycles. The van der Waals surface area contributed by atoms with Gasteiger partial charge in [0.25, 0.3) is 5.91 Å². The molecule has 0 saturated carbocycles. The third-order valence-corrected chi connectivity index (χ3v) is 3.99. The Morgan fingerprint density at radius 3 is 2.33 bits per heavy atom. The van der Waals surface area contributed by atoms with Gasteiger partial charge in [-0.3, -0.25) is 4.79 Å². The SMILES string of the molecule is CCN(CC)C(=O)c1ccnc(N(Cc2ccccc2)C(C)C)n1. The highest BCUT2D eigenvalue weighted by molar-refractivity contribution is 5.92. The molecule has 0 bridgehead atoms. The van der Waals surface area contributed by atoms with Crippen molar-refractivity contribution in [3.8, 4) is 0 Å². The lowest BCUT2D eigenvalue weighted by Gasteiger charge is -2.27. The lowest BCUT2D eigenvalue weighted by atomic mass is 10.2. The van der Waals surface area contributed by atoms with Gasteiger partial charge in [-0.2, -0.15) is 0 Å². The molecule has 5 heteroatoms. The summed E-state index contributed by atoms with van der Waals surface area (Å²) in [5.41, 5.74) is 1.64.